The van der Waals surface area contributed by atoms with Crippen molar-refractivity contribution in [3.63, 3.8) is 0 Å². The molecule has 0 saturated heterocycles. The monoisotopic (exact) mass is 238 g/mol. The third kappa shape index (κ3) is 4.28. The van der Waals surface area contributed by atoms with E-state index in [0.717, 1.165) is 13.0 Å². The van der Waals surface area contributed by atoms with Crippen LogP contribution in [0.3, 0.4) is 0 Å². The lowest BCUT2D eigenvalue weighted by Gasteiger charge is -2.12. The van der Waals surface area contributed by atoms with Crippen molar-refractivity contribution in [3.05, 3.63) is 24.0 Å². The van der Waals surface area contributed by atoms with Gasteiger partial charge in [0.2, 0.25) is 0 Å². The minimum atomic E-state index is 0.0232. The summed E-state index contributed by atoms with van der Waals surface area (Å²) < 4.78 is 5.55. The van der Waals surface area contributed by atoms with E-state index in [9.17, 15) is 0 Å². The average Bonchev–Trinajstić information content (AvgIpc) is 2.34. The smallest absolute Gasteiger partial charge is 0.173 e. The first-order valence-corrected chi connectivity index (χ1v) is 5.34. The van der Waals surface area contributed by atoms with Crippen LogP contribution in [0.1, 0.15) is 12.0 Å². The number of hydrogen-bond acceptors (Lipinski definition) is 5. The third-order valence-corrected chi connectivity index (χ3v) is 2.18. The Morgan fingerprint density at radius 2 is 2.35 bits per heavy atom. The van der Waals surface area contributed by atoms with E-state index < -0.39 is 0 Å². The van der Waals surface area contributed by atoms with Gasteiger partial charge in [-0.05, 0) is 26.6 Å². The van der Waals surface area contributed by atoms with Gasteiger partial charge in [0.15, 0.2) is 5.84 Å². The molecule has 0 amide bonds. The highest BCUT2D eigenvalue weighted by atomic mass is 16.5. The van der Waals surface area contributed by atoms with Crippen LogP contribution < -0.4 is 10.5 Å². The van der Waals surface area contributed by atoms with Gasteiger partial charge in [-0.15, -0.1) is 0 Å². The number of aromatic nitrogens is 1. The number of rotatable bonds is 6. The topological polar surface area (TPSA) is 84.0 Å². The predicted octanol–water partition coefficient (Wildman–Crippen LogP) is 0.507. The van der Waals surface area contributed by atoms with Crippen LogP contribution in [0.2, 0.25) is 0 Å². The summed E-state index contributed by atoms with van der Waals surface area (Å²) in [5.41, 5.74) is 6.08. The minimum absolute atomic E-state index is 0.0232. The Labute approximate surface area is 101 Å². The number of ether oxygens (including phenoxy) is 1. The Morgan fingerprint density at radius 1 is 1.59 bits per heavy atom. The van der Waals surface area contributed by atoms with Gasteiger partial charge in [-0.25, -0.2) is 0 Å². The fourth-order valence-electron chi connectivity index (χ4n) is 1.32. The van der Waals surface area contributed by atoms with Crippen LogP contribution in [0, 0.1) is 0 Å². The van der Waals surface area contributed by atoms with Crippen LogP contribution in [-0.2, 0) is 0 Å². The number of nitrogens with zero attached hydrogens (tertiary/aromatic N) is 3. The molecule has 0 atom stereocenters. The van der Waals surface area contributed by atoms with E-state index in [1.807, 2.05) is 14.1 Å². The van der Waals surface area contributed by atoms with Crippen molar-refractivity contribution in [1.29, 1.82) is 0 Å². The SMILES string of the molecule is CN(C)CCCOc1cnccc1/C(N)=N/O. The lowest BCUT2D eigenvalue weighted by molar-refractivity contribution is 0.280. The first kappa shape index (κ1) is 13.2. The zero-order valence-electron chi connectivity index (χ0n) is 10.1. The Hall–Kier alpha value is -1.82. The summed E-state index contributed by atoms with van der Waals surface area (Å²) in [5, 5.41) is 11.6. The van der Waals surface area contributed by atoms with Crippen molar-refractivity contribution < 1.29 is 9.94 Å². The molecule has 0 aromatic carbocycles. The highest BCUT2D eigenvalue weighted by Crippen LogP contribution is 2.16. The number of amidine groups is 1. The zero-order valence-corrected chi connectivity index (χ0v) is 10.1. The first-order chi connectivity index (χ1) is 8.15. The second-order valence-electron chi connectivity index (χ2n) is 3.86. The molecule has 17 heavy (non-hydrogen) atoms. The maximum Gasteiger partial charge on any atom is 0.173 e. The Kier molecular flexibility index (Phi) is 5.22. The van der Waals surface area contributed by atoms with Crippen molar-refractivity contribution in [1.82, 2.24) is 9.88 Å². The van der Waals surface area contributed by atoms with Crippen LogP contribution in [0.15, 0.2) is 23.6 Å². The zero-order chi connectivity index (χ0) is 12.7. The number of pyridine rings is 1. The molecule has 94 valence electrons. The van der Waals surface area contributed by atoms with Crippen LogP contribution in [0.25, 0.3) is 0 Å². The lowest BCUT2D eigenvalue weighted by Crippen LogP contribution is -2.17. The van der Waals surface area contributed by atoms with Gasteiger partial charge in [0, 0.05) is 12.7 Å². The van der Waals surface area contributed by atoms with Crippen molar-refractivity contribution in [2.75, 3.05) is 27.2 Å². The molecule has 0 aliphatic rings. The second-order valence-corrected chi connectivity index (χ2v) is 3.86. The molecule has 1 aromatic rings. The highest BCUT2D eigenvalue weighted by molar-refractivity contribution is 5.99. The summed E-state index contributed by atoms with van der Waals surface area (Å²) in [5.74, 6) is 0.552. The van der Waals surface area contributed by atoms with Gasteiger partial charge in [-0.1, -0.05) is 5.16 Å². The summed E-state index contributed by atoms with van der Waals surface area (Å²) in [6, 6.07) is 1.65. The summed E-state index contributed by atoms with van der Waals surface area (Å²) in [6.45, 7) is 1.51. The van der Waals surface area contributed by atoms with Crippen molar-refractivity contribution in [2.45, 2.75) is 6.42 Å². The quantitative estimate of drug-likeness (QED) is 0.248. The van der Waals surface area contributed by atoms with Gasteiger partial charge in [0.1, 0.15) is 5.75 Å². The van der Waals surface area contributed by atoms with Crippen LogP contribution in [0.4, 0.5) is 0 Å². The molecular weight excluding hydrogens is 220 g/mol. The van der Waals surface area contributed by atoms with E-state index in [1.54, 1.807) is 18.5 Å². The van der Waals surface area contributed by atoms with Crippen molar-refractivity contribution in [2.24, 2.45) is 10.9 Å². The van der Waals surface area contributed by atoms with E-state index in [0.29, 0.717) is 17.9 Å². The maximum absolute atomic E-state index is 8.64. The molecule has 6 nitrogen and oxygen atoms in total. The Morgan fingerprint density at radius 3 is 3.00 bits per heavy atom. The third-order valence-electron chi connectivity index (χ3n) is 2.18. The van der Waals surface area contributed by atoms with Gasteiger partial charge in [-0.2, -0.15) is 0 Å². The molecule has 0 fully saturated rings. The number of nitrogens with two attached hydrogens (primary N) is 1. The standard InChI is InChI=1S/C11H18N4O2/c1-15(2)6-3-7-17-10-8-13-5-4-9(10)11(12)14-16/h4-5,8,16H,3,6-7H2,1-2H3,(H2,12,14). The van der Waals surface area contributed by atoms with Crippen LogP contribution >= 0.6 is 0 Å². The fraction of sp³-hybridized carbons (Fsp3) is 0.455. The molecule has 1 aromatic heterocycles. The van der Waals surface area contributed by atoms with Gasteiger partial charge in [-0.3, -0.25) is 4.98 Å². The van der Waals surface area contributed by atoms with E-state index >= 15 is 0 Å². The van der Waals surface area contributed by atoms with Crippen molar-refractivity contribution >= 4 is 5.84 Å². The normalized spacial score (nSPS) is 11.8. The van der Waals surface area contributed by atoms with E-state index in [1.165, 1.54) is 0 Å². The average molecular weight is 238 g/mol. The summed E-state index contributed by atoms with van der Waals surface area (Å²) in [7, 11) is 4.01. The van der Waals surface area contributed by atoms with Gasteiger partial charge < -0.3 is 20.6 Å². The lowest BCUT2D eigenvalue weighted by atomic mass is 10.2. The van der Waals surface area contributed by atoms with Crippen LogP contribution in [0.5, 0.6) is 5.75 Å². The number of hydrogen-bond donors (Lipinski definition) is 2. The van der Waals surface area contributed by atoms with Crippen LogP contribution in [-0.4, -0.2) is 48.2 Å². The molecule has 0 aliphatic heterocycles. The summed E-state index contributed by atoms with van der Waals surface area (Å²) >= 11 is 0. The molecule has 0 bridgehead atoms. The van der Waals surface area contributed by atoms with Gasteiger partial charge >= 0.3 is 0 Å². The summed E-state index contributed by atoms with van der Waals surface area (Å²) in [6.07, 6.45) is 4.03. The first-order valence-electron chi connectivity index (χ1n) is 5.34. The molecule has 0 unspecified atom stereocenters. The molecular formula is C11H18N4O2. The maximum atomic E-state index is 8.64. The highest BCUT2D eigenvalue weighted by Gasteiger charge is 2.07. The molecule has 0 saturated carbocycles. The Bertz CT molecular complexity index is 379. The van der Waals surface area contributed by atoms with Crippen molar-refractivity contribution in [3.8, 4) is 5.75 Å². The largest absolute Gasteiger partial charge is 0.491 e. The summed E-state index contributed by atoms with van der Waals surface area (Å²) in [4.78, 5) is 6.03. The minimum Gasteiger partial charge on any atom is -0.491 e. The molecule has 3 N–H and O–H groups in total. The Balaban J connectivity index is 2.58. The van der Waals surface area contributed by atoms with E-state index in [4.69, 9.17) is 15.7 Å². The van der Waals surface area contributed by atoms with Gasteiger partial charge in [0.25, 0.3) is 0 Å². The number of oxime groups is 1. The molecule has 6 heteroatoms. The fourth-order valence-corrected chi connectivity index (χ4v) is 1.32. The second kappa shape index (κ2) is 6.70. The molecule has 0 aliphatic carbocycles. The molecule has 0 radical (unpaired) electrons. The molecule has 0 spiro atoms. The predicted molar refractivity (Wildman–Crippen MR) is 65.4 cm³/mol. The van der Waals surface area contributed by atoms with Gasteiger partial charge in [0.05, 0.1) is 18.4 Å². The molecule has 1 heterocycles. The van der Waals surface area contributed by atoms with E-state index in [-0.39, 0.29) is 5.84 Å². The molecule has 1 rings (SSSR count). The van der Waals surface area contributed by atoms with E-state index in [2.05, 4.69) is 15.0 Å².